The Morgan fingerprint density at radius 2 is 1.71 bits per heavy atom. The molecule has 1 aromatic carbocycles. The van der Waals surface area contributed by atoms with Crippen LogP contribution < -0.4 is 21.3 Å². The average molecular weight is 580 g/mol. The second kappa shape index (κ2) is 15.9. The first-order chi connectivity index (χ1) is 19.6. The van der Waals surface area contributed by atoms with Crippen molar-refractivity contribution in [1.29, 1.82) is 0 Å². The van der Waals surface area contributed by atoms with Crippen molar-refractivity contribution >= 4 is 5.91 Å². The third-order valence-corrected chi connectivity index (χ3v) is 7.66. The number of nitrogens with one attached hydrogen (secondary N) is 4. The van der Waals surface area contributed by atoms with Gasteiger partial charge in [-0.2, -0.15) is 0 Å². The van der Waals surface area contributed by atoms with Crippen LogP contribution in [0.2, 0.25) is 0 Å². The molecule has 234 valence electrons. The topological polar surface area (TPSA) is 77.7 Å². The van der Waals surface area contributed by atoms with Crippen LogP contribution >= 0.6 is 0 Å². The molecular weight excluding hydrogens is 522 g/mol. The molecule has 1 fully saturated rings. The summed E-state index contributed by atoms with van der Waals surface area (Å²) in [6.45, 7) is 34.6. The fourth-order valence-corrected chi connectivity index (χ4v) is 5.34. The molecule has 1 aliphatic rings. The van der Waals surface area contributed by atoms with Crippen molar-refractivity contribution in [1.82, 2.24) is 26.2 Å². The van der Waals surface area contributed by atoms with Crippen molar-refractivity contribution < 1.29 is 9.53 Å². The molecule has 0 radical (unpaired) electrons. The Morgan fingerprint density at radius 1 is 1.07 bits per heavy atom. The number of carbonyl (C=O) groups excluding carboxylic acids is 1. The van der Waals surface area contributed by atoms with Gasteiger partial charge in [-0.15, -0.1) is 6.58 Å². The molecule has 0 spiro atoms. The Labute approximate surface area is 255 Å². The highest BCUT2D eigenvalue weighted by molar-refractivity contribution is 5.83. The third-order valence-electron chi connectivity index (χ3n) is 7.66. The number of rotatable bonds is 17. The first-order valence-corrected chi connectivity index (χ1v) is 15.4. The molecule has 4 N–H and O–H groups in total. The van der Waals surface area contributed by atoms with E-state index in [9.17, 15) is 4.79 Å². The summed E-state index contributed by atoms with van der Waals surface area (Å²) in [4.78, 5) is 15.9. The van der Waals surface area contributed by atoms with Crippen LogP contribution in [0.15, 0.2) is 80.0 Å². The van der Waals surface area contributed by atoms with E-state index in [-0.39, 0.29) is 36.0 Å². The fraction of sp³-hybridized carbons (Fsp3) is 0.571. The quantitative estimate of drug-likeness (QED) is 0.0997. The van der Waals surface area contributed by atoms with Crippen molar-refractivity contribution in [3.05, 3.63) is 85.6 Å². The van der Waals surface area contributed by atoms with Gasteiger partial charge in [0.05, 0.1) is 6.04 Å². The van der Waals surface area contributed by atoms with Crippen LogP contribution in [-0.2, 0) is 9.53 Å². The van der Waals surface area contributed by atoms with Crippen molar-refractivity contribution in [3.63, 3.8) is 0 Å². The maximum Gasteiger partial charge on any atom is 0.245 e. The number of allylic oxidation sites excluding steroid dienone is 1. The van der Waals surface area contributed by atoms with E-state index in [4.69, 9.17) is 4.74 Å². The summed E-state index contributed by atoms with van der Waals surface area (Å²) in [6.07, 6.45) is 3.48. The molecule has 1 heterocycles. The molecule has 0 saturated carbocycles. The summed E-state index contributed by atoms with van der Waals surface area (Å²) >= 11 is 0. The first kappa shape index (κ1) is 35.0. The van der Waals surface area contributed by atoms with E-state index in [1.165, 1.54) is 0 Å². The number of carbonyl (C=O) groups is 1. The van der Waals surface area contributed by atoms with Gasteiger partial charge in [-0.3, -0.25) is 10.1 Å². The molecule has 1 saturated heterocycles. The van der Waals surface area contributed by atoms with Crippen LogP contribution in [0.1, 0.15) is 80.0 Å². The number of ether oxygens (including phenoxy) is 1. The van der Waals surface area contributed by atoms with Crippen LogP contribution in [0.5, 0.6) is 0 Å². The van der Waals surface area contributed by atoms with Gasteiger partial charge in [-0.05, 0) is 70.4 Å². The van der Waals surface area contributed by atoms with Gasteiger partial charge in [0.15, 0.2) is 5.88 Å². The minimum absolute atomic E-state index is 0.0472. The van der Waals surface area contributed by atoms with Crippen molar-refractivity contribution in [2.75, 3.05) is 13.1 Å². The van der Waals surface area contributed by atoms with Gasteiger partial charge < -0.3 is 25.6 Å². The molecule has 2 rings (SSSR count). The van der Waals surface area contributed by atoms with Crippen molar-refractivity contribution in [2.45, 2.75) is 98.1 Å². The number of nitrogens with zero attached hydrogens (tertiary/aromatic N) is 1. The number of amides is 1. The molecule has 5 unspecified atom stereocenters. The molecular formula is C35H57N5O2. The van der Waals surface area contributed by atoms with Crippen LogP contribution in [0.3, 0.4) is 0 Å². The Kier molecular flexibility index (Phi) is 13.2. The van der Waals surface area contributed by atoms with Crippen molar-refractivity contribution in [2.24, 2.45) is 17.8 Å². The summed E-state index contributed by atoms with van der Waals surface area (Å²) in [7, 11) is 0. The Hall–Kier alpha value is -3.19. The SMILES string of the molecule is C=CCNC(NC(=C)CC(C)C(C)NC(=C)C1C[C@@H](C)CN1C(=O)C(NC(=C)OC(C)(C)C)C(C)C)c1ccccc1. The molecule has 1 aromatic rings. The normalized spacial score (nSPS) is 19.8. The van der Waals surface area contributed by atoms with Crippen LogP contribution in [0.25, 0.3) is 0 Å². The van der Waals surface area contributed by atoms with E-state index in [2.05, 4.69) is 80.5 Å². The first-order valence-electron chi connectivity index (χ1n) is 15.4. The zero-order valence-corrected chi connectivity index (χ0v) is 27.4. The summed E-state index contributed by atoms with van der Waals surface area (Å²) < 4.78 is 5.88. The molecule has 1 amide bonds. The maximum atomic E-state index is 13.9. The van der Waals surface area contributed by atoms with E-state index in [0.717, 1.165) is 29.8 Å². The van der Waals surface area contributed by atoms with E-state index in [0.29, 0.717) is 24.9 Å². The van der Waals surface area contributed by atoms with E-state index >= 15 is 0 Å². The van der Waals surface area contributed by atoms with Crippen LogP contribution in [-0.4, -0.2) is 47.6 Å². The third kappa shape index (κ3) is 10.9. The maximum absolute atomic E-state index is 13.9. The van der Waals surface area contributed by atoms with E-state index in [1.54, 1.807) is 0 Å². The molecule has 6 atom stereocenters. The highest BCUT2D eigenvalue weighted by Crippen LogP contribution is 2.29. The monoisotopic (exact) mass is 579 g/mol. The lowest BCUT2D eigenvalue weighted by Gasteiger charge is -2.35. The molecule has 0 aliphatic carbocycles. The van der Waals surface area contributed by atoms with Crippen molar-refractivity contribution in [3.8, 4) is 0 Å². The fourth-order valence-electron chi connectivity index (χ4n) is 5.34. The molecule has 42 heavy (non-hydrogen) atoms. The number of likely N-dealkylation sites (tertiary alicyclic amines) is 1. The molecule has 7 nitrogen and oxygen atoms in total. The minimum Gasteiger partial charge on any atom is -0.474 e. The standard InChI is InChI=1S/C35H57N5O2/c1-13-19-36-33(30-17-15-14-16-18-30)37-26(6)21-25(5)27(7)38-28(8)31-20-24(4)22-40(31)34(41)32(23(2)3)39-29(9)42-35(10,11)12/h13-18,23-25,27,31-33,36-39H,1,6,8-9,19-22H2,2-5,7,10-12H3/t24-,25?,27?,31?,32?,33?/m1/s1. The summed E-state index contributed by atoms with van der Waals surface area (Å²) in [5.74, 6) is 1.20. The van der Waals surface area contributed by atoms with Gasteiger partial charge in [-0.25, -0.2) is 0 Å². The number of hydrogen-bond donors (Lipinski definition) is 4. The summed E-state index contributed by atoms with van der Waals surface area (Å²) in [6, 6.07) is 9.92. The predicted octanol–water partition coefficient (Wildman–Crippen LogP) is 6.22. The van der Waals surface area contributed by atoms with Gasteiger partial charge in [0.2, 0.25) is 5.91 Å². The summed E-state index contributed by atoms with van der Waals surface area (Å²) in [5.41, 5.74) is 2.60. The zero-order chi connectivity index (χ0) is 31.6. The number of hydrogen-bond acceptors (Lipinski definition) is 6. The molecule has 0 bridgehead atoms. The average Bonchev–Trinajstić information content (AvgIpc) is 3.30. The summed E-state index contributed by atoms with van der Waals surface area (Å²) in [5, 5.41) is 13.9. The smallest absolute Gasteiger partial charge is 0.245 e. The lowest BCUT2D eigenvalue weighted by atomic mass is 9.96. The highest BCUT2D eigenvalue weighted by atomic mass is 16.5. The van der Waals surface area contributed by atoms with E-state index in [1.807, 2.05) is 63.8 Å². The van der Waals surface area contributed by atoms with Gasteiger partial charge in [-0.1, -0.05) is 77.3 Å². The molecule has 7 heteroatoms. The van der Waals surface area contributed by atoms with Gasteiger partial charge in [0, 0.05) is 30.5 Å². The second-order valence-corrected chi connectivity index (χ2v) is 13.3. The van der Waals surface area contributed by atoms with Crippen LogP contribution in [0.4, 0.5) is 0 Å². The lowest BCUT2D eigenvalue weighted by molar-refractivity contribution is -0.135. The second-order valence-electron chi connectivity index (χ2n) is 13.3. The molecule has 0 aromatic heterocycles. The minimum atomic E-state index is -0.432. The van der Waals surface area contributed by atoms with Gasteiger partial charge in [0.1, 0.15) is 17.8 Å². The van der Waals surface area contributed by atoms with Crippen LogP contribution in [0, 0.1) is 17.8 Å². The van der Waals surface area contributed by atoms with Gasteiger partial charge in [0.25, 0.3) is 0 Å². The van der Waals surface area contributed by atoms with E-state index < -0.39 is 11.6 Å². The number of benzene rings is 1. The Morgan fingerprint density at radius 3 is 2.29 bits per heavy atom. The zero-order valence-electron chi connectivity index (χ0n) is 27.4. The highest BCUT2D eigenvalue weighted by Gasteiger charge is 2.39. The molecule has 1 aliphatic heterocycles. The predicted molar refractivity (Wildman–Crippen MR) is 176 cm³/mol. The van der Waals surface area contributed by atoms with Gasteiger partial charge >= 0.3 is 0 Å². The largest absolute Gasteiger partial charge is 0.474 e. The lowest BCUT2D eigenvalue weighted by Crippen LogP contribution is -2.52. The Balaban J connectivity index is 2.03. The Bertz CT molecular complexity index is 1060.